The van der Waals surface area contributed by atoms with Crippen LogP contribution in [0.15, 0.2) is 64.3 Å². The van der Waals surface area contributed by atoms with Gasteiger partial charge in [-0.2, -0.15) is 10.1 Å². The Labute approximate surface area is 157 Å². The number of nitro groups is 1. The van der Waals surface area contributed by atoms with Gasteiger partial charge >= 0.3 is 5.97 Å². The zero-order chi connectivity index (χ0) is 19.8. The van der Waals surface area contributed by atoms with Crippen LogP contribution in [-0.4, -0.2) is 22.5 Å². The Morgan fingerprint density at radius 1 is 1.21 bits per heavy atom. The van der Waals surface area contributed by atoms with E-state index in [-0.39, 0.29) is 17.1 Å². The topological polar surface area (TPSA) is 115 Å². The Bertz CT molecular complexity index is 1130. The van der Waals surface area contributed by atoms with Crippen molar-refractivity contribution in [3.63, 3.8) is 0 Å². The van der Waals surface area contributed by atoms with Crippen LogP contribution in [0.25, 0.3) is 11.0 Å². The third kappa shape index (κ3) is 2.88. The number of esters is 1. The second-order valence-electron chi connectivity index (χ2n) is 6.11. The van der Waals surface area contributed by atoms with Crippen LogP contribution in [-0.2, 0) is 9.59 Å². The van der Waals surface area contributed by atoms with Crippen molar-refractivity contribution in [2.24, 2.45) is 11.0 Å². The number of rotatable bonds is 4. The Kier molecular flexibility index (Phi) is 4.11. The number of anilines is 1. The molecule has 0 saturated carbocycles. The largest absolute Gasteiger partial charge is 0.464 e. The minimum absolute atomic E-state index is 0.103. The van der Waals surface area contributed by atoms with Crippen molar-refractivity contribution in [2.75, 3.05) is 5.01 Å². The number of fused-ring (bicyclic) bond motifs is 1. The van der Waals surface area contributed by atoms with Gasteiger partial charge in [0.2, 0.25) is 0 Å². The zero-order valence-electron chi connectivity index (χ0n) is 14.6. The molecule has 1 atom stereocenters. The first-order valence-corrected chi connectivity index (χ1v) is 8.27. The van der Waals surface area contributed by atoms with Crippen molar-refractivity contribution in [3.8, 4) is 5.75 Å². The minimum atomic E-state index is -1.20. The van der Waals surface area contributed by atoms with Crippen molar-refractivity contribution in [2.45, 2.75) is 6.92 Å². The normalized spacial score (nSPS) is 16.3. The molecule has 2 aromatic carbocycles. The fraction of sp³-hybridized carbons (Fsp3) is 0.105. The maximum Gasteiger partial charge on any atom is 0.329 e. The molecule has 0 fully saturated rings. The average Bonchev–Trinajstić information content (AvgIpc) is 3.26. The van der Waals surface area contributed by atoms with Crippen molar-refractivity contribution < 1.29 is 23.7 Å². The lowest BCUT2D eigenvalue weighted by atomic mass is 10.0. The number of benzene rings is 2. The van der Waals surface area contributed by atoms with E-state index >= 15 is 0 Å². The van der Waals surface area contributed by atoms with Crippen LogP contribution in [0.1, 0.15) is 6.92 Å². The second kappa shape index (κ2) is 6.62. The van der Waals surface area contributed by atoms with Crippen LogP contribution in [0.4, 0.5) is 11.4 Å². The lowest BCUT2D eigenvalue weighted by Crippen LogP contribution is -2.35. The van der Waals surface area contributed by atoms with Crippen molar-refractivity contribution in [1.82, 2.24) is 0 Å². The Hall–Kier alpha value is -4.01. The highest BCUT2D eigenvalue weighted by Gasteiger charge is 2.41. The number of furan rings is 1. The van der Waals surface area contributed by atoms with E-state index in [0.29, 0.717) is 16.7 Å². The molecule has 9 nitrogen and oxygen atoms in total. The van der Waals surface area contributed by atoms with Crippen LogP contribution >= 0.6 is 0 Å². The number of carbonyl (C=O) groups is 2. The molecule has 1 amide bonds. The number of nitrogens with zero attached hydrogens (tertiary/aromatic N) is 3. The quantitative estimate of drug-likeness (QED) is 0.226. The van der Waals surface area contributed by atoms with Crippen molar-refractivity contribution >= 4 is 39.9 Å². The summed E-state index contributed by atoms with van der Waals surface area (Å²) in [5, 5.41) is 16.8. The molecule has 2 heterocycles. The van der Waals surface area contributed by atoms with Crippen LogP contribution in [0.5, 0.6) is 5.75 Å². The van der Waals surface area contributed by atoms with E-state index in [1.54, 1.807) is 31.2 Å². The smallest absolute Gasteiger partial charge is 0.329 e. The van der Waals surface area contributed by atoms with Gasteiger partial charge in [-0.1, -0.05) is 6.07 Å². The van der Waals surface area contributed by atoms with Gasteiger partial charge in [-0.05, 0) is 37.3 Å². The third-order valence-electron chi connectivity index (χ3n) is 4.33. The van der Waals surface area contributed by atoms with E-state index in [1.807, 2.05) is 0 Å². The standard InChI is InChI=1S/C19H13N3O6/c1-11-17(19(24)28-13-7-5-12(6-8-13)22(25)26)18(23)21(20-11)15-3-2-4-16-14(15)9-10-27-16/h2-10,17H,1H3. The molecule has 3 aromatic rings. The average molecular weight is 379 g/mol. The summed E-state index contributed by atoms with van der Waals surface area (Å²) in [6.45, 7) is 1.56. The number of amides is 1. The molecular formula is C19H13N3O6. The lowest BCUT2D eigenvalue weighted by molar-refractivity contribution is -0.384. The van der Waals surface area contributed by atoms with E-state index in [9.17, 15) is 19.7 Å². The first-order chi connectivity index (χ1) is 13.5. The summed E-state index contributed by atoms with van der Waals surface area (Å²) in [5.41, 5.74) is 1.25. The van der Waals surface area contributed by atoms with Gasteiger partial charge in [0.1, 0.15) is 11.3 Å². The molecule has 1 unspecified atom stereocenters. The molecule has 0 bridgehead atoms. The highest BCUT2D eigenvalue weighted by molar-refractivity contribution is 6.26. The Balaban J connectivity index is 1.57. The SMILES string of the molecule is CC1=NN(c2cccc3occc23)C(=O)C1C(=O)Oc1ccc([N+](=O)[O-])cc1. The van der Waals surface area contributed by atoms with Crippen molar-refractivity contribution in [3.05, 3.63) is 64.9 Å². The summed E-state index contributed by atoms with van der Waals surface area (Å²) in [6, 6.07) is 11.9. The van der Waals surface area contributed by atoms with Crippen LogP contribution in [0.3, 0.4) is 0 Å². The lowest BCUT2D eigenvalue weighted by Gasteiger charge is -2.14. The monoisotopic (exact) mass is 379 g/mol. The van der Waals surface area contributed by atoms with E-state index in [0.717, 1.165) is 5.01 Å². The number of hydrogen-bond acceptors (Lipinski definition) is 7. The number of hydrogen-bond donors (Lipinski definition) is 0. The van der Waals surface area contributed by atoms with Gasteiger partial charge in [0, 0.05) is 17.5 Å². The number of nitro benzene ring substituents is 1. The number of non-ortho nitro benzene ring substituents is 1. The van der Waals surface area contributed by atoms with Gasteiger partial charge in [0.25, 0.3) is 11.6 Å². The van der Waals surface area contributed by atoms with E-state index in [4.69, 9.17) is 9.15 Å². The summed E-state index contributed by atoms with van der Waals surface area (Å²) in [4.78, 5) is 35.5. The van der Waals surface area contributed by atoms with Gasteiger partial charge in [0.05, 0.1) is 22.6 Å². The second-order valence-corrected chi connectivity index (χ2v) is 6.11. The summed E-state index contributed by atoms with van der Waals surface area (Å²) in [5.74, 6) is -2.44. The molecule has 0 aliphatic carbocycles. The molecule has 1 aliphatic rings. The number of carbonyl (C=O) groups excluding carboxylic acids is 2. The van der Waals surface area contributed by atoms with Gasteiger partial charge in [0.15, 0.2) is 5.92 Å². The minimum Gasteiger partial charge on any atom is -0.464 e. The van der Waals surface area contributed by atoms with E-state index in [1.165, 1.54) is 30.5 Å². The fourth-order valence-electron chi connectivity index (χ4n) is 2.98. The molecule has 0 radical (unpaired) electrons. The van der Waals surface area contributed by atoms with Crippen LogP contribution in [0, 0.1) is 16.0 Å². The predicted octanol–water partition coefficient (Wildman–Crippen LogP) is 3.29. The van der Waals surface area contributed by atoms with E-state index < -0.39 is 22.7 Å². The summed E-state index contributed by atoms with van der Waals surface area (Å²) in [6.07, 6.45) is 1.51. The summed E-state index contributed by atoms with van der Waals surface area (Å²) in [7, 11) is 0. The van der Waals surface area contributed by atoms with Gasteiger partial charge in [-0.15, -0.1) is 0 Å². The molecular weight excluding hydrogens is 366 g/mol. The highest BCUT2D eigenvalue weighted by Crippen LogP contribution is 2.32. The van der Waals surface area contributed by atoms with Crippen LogP contribution < -0.4 is 9.75 Å². The summed E-state index contributed by atoms with van der Waals surface area (Å²) < 4.78 is 10.6. The Morgan fingerprint density at radius 2 is 1.96 bits per heavy atom. The molecule has 0 spiro atoms. The van der Waals surface area contributed by atoms with E-state index in [2.05, 4.69) is 5.10 Å². The fourth-order valence-corrected chi connectivity index (χ4v) is 2.98. The molecule has 9 heteroatoms. The first kappa shape index (κ1) is 17.4. The van der Waals surface area contributed by atoms with Crippen molar-refractivity contribution in [1.29, 1.82) is 0 Å². The number of hydrazone groups is 1. The maximum absolute atomic E-state index is 12.8. The third-order valence-corrected chi connectivity index (χ3v) is 4.33. The molecule has 1 aromatic heterocycles. The Morgan fingerprint density at radius 3 is 2.68 bits per heavy atom. The van der Waals surface area contributed by atoms with Gasteiger partial charge in [-0.25, -0.2) is 0 Å². The molecule has 0 saturated heterocycles. The zero-order valence-corrected chi connectivity index (χ0v) is 14.6. The molecule has 4 rings (SSSR count). The molecule has 1 aliphatic heterocycles. The number of ether oxygens (including phenoxy) is 1. The first-order valence-electron chi connectivity index (χ1n) is 8.27. The van der Waals surface area contributed by atoms with Gasteiger partial charge < -0.3 is 9.15 Å². The molecule has 28 heavy (non-hydrogen) atoms. The van der Waals surface area contributed by atoms with Gasteiger partial charge in [-0.3, -0.25) is 19.7 Å². The summed E-state index contributed by atoms with van der Waals surface area (Å²) >= 11 is 0. The molecule has 0 N–H and O–H groups in total. The molecule has 140 valence electrons. The van der Waals surface area contributed by atoms with Crippen LogP contribution in [0.2, 0.25) is 0 Å². The predicted molar refractivity (Wildman–Crippen MR) is 99.0 cm³/mol. The highest BCUT2D eigenvalue weighted by atomic mass is 16.6. The maximum atomic E-state index is 12.8.